The predicted molar refractivity (Wildman–Crippen MR) is 116 cm³/mol. The number of carbonyl (C=O) groups is 1. The Morgan fingerprint density at radius 2 is 2.13 bits per heavy atom. The van der Waals surface area contributed by atoms with Crippen LogP contribution >= 0.6 is 0 Å². The third-order valence-corrected chi connectivity index (χ3v) is 5.92. The lowest BCUT2D eigenvalue weighted by atomic mass is 9.78. The lowest BCUT2D eigenvalue weighted by molar-refractivity contribution is -0.143. The molecule has 5 nitrogen and oxygen atoms in total. The van der Waals surface area contributed by atoms with Crippen LogP contribution < -0.4 is 11.1 Å². The minimum atomic E-state index is -0.543. The van der Waals surface area contributed by atoms with E-state index in [1.165, 1.54) is 12.1 Å². The maximum Gasteiger partial charge on any atom is 0.337 e. The highest BCUT2D eigenvalue weighted by molar-refractivity contribution is 5.95. The van der Waals surface area contributed by atoms with Gasteiger partial charge < -0.3 is 15.8 Å². The van der Waals surface area contributed by atoms with Gasteiger partial charge in [-0.05, 0) is 69.2 Å². The molecule has 0 radical (unpaired) electrons. The maximum absolute atomic E-state index is 14.2. The van der Waals surface area contributed by atoms with E-state index in [0.717, 1.165) is 36.1 Å². The number of carbonyl (C=O) groups excluding carboxylic acids is 1. The van der Waals surface area contributed by atoms with Crippen LogP contribution in [0.4, 0.5) is 15.9 Å². The number of nitrogens with zero attached hydrogens (tertiary/aromatic N) is 1. The molecule has 1 aliphatic carbocycles. The van der Waals surface area contributed by atoms with E-state index < -0.39 is 11.9 Å². The number of esters is 1. The number of aromatic nitrogens is 1. The monoisotopic (exact) mass is 409 g/mol. The van der Waals surface area contributed by atoms with Crippen LogP contribution in [0.5, 0.6) is 0 Å². The summed E-state index contributed by atoms with van der Waals surface area (Å²) in [6.07, 6.45) is 2.54. The van der Waals surface area contributed by atoms with Crippen LogP contribution in [0.3, 0.4) is 0 Å². The SMILES string of the molecule is CC1=C(C(=O)OC(C)C)C(c2cccc(F)c2)c2c(nc3c(c2N)CC(C)CC3)N1. The number of nitrogens with two attached hydrogens (primary N) is 1. The van der Waals surface area contributed by atoms with E-state index in [4.69, 9.17) is 15.5 Å². The van der Waals surface area contributed by atoms with Crippen molar-refractivity contribution >= 4 is 17.5 Å². The molecular formula is C24H28FN3O2. The number of halogens is 1. The van der Waals surface area contributed by atoms with E-state index in [2.05, 4.69) is 12.2 Å². The first kappa shape index (κ1) is 20.4. The standard InChI is InChI=1S/C24H28FN3O2/c1-12(2)30-24(29)19-14(4)27-23-21(20(19)15-6-5-7-16(25)11-15)22(26)17-10-13(3)8-9-18(17)28-23/h5-7,11-13,20H,8-10H2,1-4H3,(H3,26,27,28). The zero-order chi connectivity index (χ0) is 21.6. The van der Waals surface area contributed by atoms with E-state index in [1.807, 2.05) is 26.8 Å². The van der Waals surface area contributed by atoms with Crippen molar-refractivity contribution in [3.05, 3.63) is 63.7 Å². The summed E-state index contributed by atoms with van der Waals surface area (Å²) in [7, 11) is 0. The van der Waals surface area contributed by atoms with Crippen molar-refractivity contribution in [1.82, 2.24) is 4.98 Å². The number of aryl methyl sites for hydroxylation is 1. The Kier molecular flexibility index (Phi) is 5.26. The van der Waals surface area contributed by atoms with Crippen LogP contribution in [0.25, 0.3) is 0 Å². The molecule has 2 heterocycles. The molecule has 2 atom stereocenters. The Balaban J connectivity index is 1.94. The van der Waals surface area contributed by atoms with Gasteiger partial charge in [0.05, 0.1) is 11.7 Å². The molecule has 2 aliphatic rings. The normalized spacial score (nSPS) is 20.5. The van der Waals surface area contributed by atoms with Crippen molar-refractivity contribution < 1.29 is 13.9 Å². The Bertz CT molecular complexity index is 1040. The number of hydrogen-bond acceptors (Lipinski definition) is 5. The van der Waals surface area contributed by atoms with E-state index in [9.17, 15) is 9.18 Å². The number of rotatable bonds is 3. The molecule has 30 heavy (non-hydrogen) atoms. The Labute approximate surface area is 176 Å². The summed E-state index contributed by atoms with van der Waals surface area (Å²) < 4.78 is 19.7. The summed E-state index contributed by atoms with van der Waals surface area (Å²) in [5.41, 5.74) is 11.9. The molecule has 0 saturated carbocycles. The molecule has 1 aromatic carbocycles. The Morgan fingerprint density at radius 1 is 1.37 bits per heavy atom. The summed E-state index contributed by atoms with van der Waals surface area (Å²) in [6, 6.07) is 6.32. The minimum absolute atomic E-state index is 0.271. The average Bonchev–Trinajstić information content (AvgIpc) is 2.67. The van der Waals surface area contributed by atoms with Crippen molar-refractivity contribution in [2.75, 3.05) is 11.1 Å². The fraction of sp³-hybridized carbons (Fsp3) is 0.417. The first-order valence-electron chi connectivity index (χ1n) is 10.5. The molecule has 1 aliphatic heterocycles. The third-order valence-electron chi connectivity index (χ3n) is 5.92. The zero-order valence-corrected chi connectivity index (χ0v) is 17.9. The van der Waals surface area contributed by atoms with Gasteiger partial charge in [-0.25, -0.2) is 14.2 Å². The minimum Gasteiger partial charge on any atom is -0.460 e. The van der Waals surface area contributed by atoms with Gasteiger partial charge in [-0.1, -0.05) is 19.1 Å². The number of pyridine rings is 1. The van der Waals surface area contributed by atoms with Crippen LogP contribution in [0.15, 0.2) is 35.5 Å². The molecule has 0 saturated heterocycles. The first-order valence-corrected chi connectivity index (χ1v) is 10.5. The summed E-state index contributed by atoms with van der Waals surface area (Å²) in [5.74, 6) is -0.168. The van der Waals surface area contributed by atoms with E-state index in [-0.39, 0.29) is 11.9 Å². The quantitative estimate of drug-likeness (QED) is 0.718. The predicted octanol–water partition coefficient (Wildman–Crippen LogP) is 4.71. The summed E-state index contributed by atoms with van der Waals surface area (Å²) in [4.78, 5) is 18.0. The number of allylic oxidation sites excluding steroid dienone is 1. The van der Waals surface area contributed by atoms with Crippen molar-refractivity contribution in [2.24, 2.45) is 5.92 Å². The van der Waals surface area contributed by atoms with E-state index >= 15 is 0 Å². The molecule has 0 spiro atoms. The van der Waals surface area contributed by atoms with Crippen LogP contribution in [0.2, 0.25) is 0 Å². The second kappa shape index (κ2) is 7.74. The van der Waals surface area contributed by atoms with Gasteiger partial charge in [0.1, 0.15) is 11.6 Å². The molecule has 2 unspecified atom stereocenters. The summed E-state index contributed by atoms with van der Waals surface area (Å²) >= 11 is 0. The number of nitrogens with one attached hydrogen (secondary N) is 1. The second-order valence-corrected chi connectivity index (χ2v) is 8.67. The lowest BCUT2D eigenvalue weighted by Crippen LogP contribution is -2.29. The number of ether oxygens (including phenoxy) is 1. The van der Waals surface area contributed by atoms with E-state index in [1.54, 1.807) is 6.07 Å². The van der Waals surface area contributed by atoms with Crippen LogP contribution in [0.1, 0.15) is 62.4 Å². The smallest absolute Gasteiger partial charge is 0.337 e. The summed E-state index contributed by atoms with van der Waals surface area (Å²) in [6.45, 7) is 7.65. The molecule has 4 rings (SSSR count). The van der Waals surface area contributed by atoms with Crippen molar-refractivity contribution in [3.8, 4) is 0 Å². The maximum atomic E-state index is 14.2. The van der Waals surface area contributed by atoms with Crippen LogP contribution in [-0.4, -0.2) is 17.1 Å². The van der Waals surface area contributed by atoms with Crippen LogP contribution in [-0.2, 0) is 22.4 Å². The topological polar surface area (TPSA) is 77.2 Å². The van der Waals surface area contributed by atoms with Crippen LogP contribution in [0, 0.1) is 11.7 Å². The van der Waals surface area contributed by atoms with Gasteiger partial charge in [0.25, 0.3) is 0 Å². The van der Waals surface area contributed by atoms with Gasteiger partial charge in [-0.3, -0.25) is 0 Å². The van der Waals surface area contributed by atoms with Crippen molar-refractivity contribution in [3.63, 3.8) is 0 Å². The average molecular weight is 410 g/mol. The molecule has 1 aromatic heterocycles. The highest BCUT2D eigenvalue weighted by Crippen LogP contribution is 2.47. The molecule has 0 fully saturated rings. The van der Waals surface area contributed by atoms with Gasteiger partial charge in [0.15, 0.2) is 0 Å². The van der Waals surface area contributed by atoms with Gasteiger partial charge >= 0.3 is 5.97 Å². The number of benzene rings is 1. The Morgan fingerprint density at radius 3 is 2.83 bits per heavy atom. The molecule has 3 N–H and O–H groups in total. The van der Waals surface area contributed by atoms with Crippen molar-refractivity contribution in [2.45, 2.75) is 59.0 Å². The fourth-order valence-electron chi connectivity index (χ4n) is 4.54. The zero-order valence-electron chi connectivity index (χ0n) is 17.9. The Hall–Kier alpha value is -2.89. The van der Waals surface area contributed by atoms with Gasteiger partial charge in [-0.2, -0.15) is 0 Å². The number of fused-ring (bicyclic) bond motifs is 2. The number of anilines is 2. The second-order valence-electron chi connectivity index (χ2n) is 8.67. The largest absolute Gasteiger partial charge is 0.460 e. The highest BCUT2D eigenvalue weighted by Gasteiger charge is 2.37. The molecule has 0 bridgehead atoms. The van der Waals surface area contributed by atoms with Crippen molar-refractivity contribution in [1.29, 1.82) is 0 Å². The molecular weight excluding hydrogens is 381 g/mol. The molecule has 2 aromatic rings. The highest BCUT2D eigenvalue weighted by atomic mass is 19.1. The fourth-order valence-corrected chi connectivity index (χ4v) is 4.54. The third kappa shape index (κ3) is 3.55. The number of nitrogen functional groups attached to an aromatic ring is 1. The molecule has 6 heteroatoms. The number of hydrogen-bond donors (Lipinski definition) is 2. The first-order chi connectivity index (χ1) is 14.3. The molecule has 158 valence electrons. The lowest BCUT2D eigenvalue weighted by Gasteiger charge is -2.33. The van der Waals surface area contributed by atoms with Gasteiger partial charge in [0.2, 0.25) is 0 Å². The summed E-state index contributed by atoms with van der Waals surface area (Å²) in [5, 5.41) is 3.27. The molecule has 0 amide bonds. The van der Waals surface area contributed by atoms with Gasteiger partial charge in [-0.15, -0.1) is 0 Å². The van der Waals surface area contributed by atoms with E-state index in [0.29, 0.717) is 34.3 Å². The van der Waals surface area contributed by atoms with Gasteiger partial charge in [0, 0.05) is 28.6 Å².